The van der Waals surface area contributed by atoms with Gasteiger partial charge in [0, 0.05) is 16.4 Å². The second-order valence-corrected chi connectivity index (χ2v) is 8.88. The molecule has 2 heterocycles. The van der Waals surface area contributed by atoms with Gasteiger partial charge in [-0.1, -0.05) is 45.0 Å². The van der Waals surface area contributed by atoms with Crippen molar-refractivity contribution in [2.45, 2.75) is 46.0 Å². The van der Waals surface area contributed by atoms with Crippen molar-refractivity contribution in [1.82, 2.24) is 4.98 Å². The van der Waals surface area contributed by atoms with Crippen LogP contribution in [0.4, 0.5) is 0 Å². The highest BCUT2D eigenvalue weighted by Gasteiger charge is 2.36. The van der Waals surface area contributed by atoms with Crippen molar-refractivity contribution in [1.29, 1.82) is 5.26 Å². The molecule has 0 radical (unpaired) electrons. The first-order valence-corrected chi connectivity index (χ1v) is 10.6. The maximum atomic E-state index is 12.6. The standard InChI is InChI=1S/C23H25N3O3S/c1-6-28-22(27)18-13(2)29-20(25)16(11-24)19(18)14-7-9-15(10-8-14)21-26-17(12-30-21)23(3,4)5/h7-10,12,19H,6,25H2,1-5H3. The van der Waals surface area contributed by atoms with Gasteiger partial charge >= 0.3 is 5.97 Å². The lowest BCUT2D eigenvalue weighted by atomic mass is 9.83. The van der Waals surface area contributed by atoms with Crippen molar-refractivity contribution in [2.75, 3.05) is 6.61 Å². The Hall–Kier alpha value is -3.11. The van der Waals surface area contributed by atoms with Crippen LogP contribution in [0.5, 0.6) is 0 Å². The summed E-state index contributed by atoms with van der Waals surface area (Å²) in [6.07, 6.45) is 0. The van der Waals surface area contributed by atoms with Crippen molar-refractivity contribution in [3.05, 3.63) is 63.7 Å². The number of rotatable bonds is 4. The minimum Gasteiger partial charge on any atom is -0.463 e. The number of allylic oxidation sites excluding steroid dienone is 2. The summed E-state index contributed by atoms with van der Waals surface area (Å²) in [4.78, 5) is 17.4. The zero-order valence-corrected chi connectivity index (χ0v) is 18.6. The smallest absolute Gasteiger partial charge is 0.338 e. The minimum atomic E-state index is -0.640. The average molecular weight is 424 g/mol. The van der Waals surface area contributed by atoms with Crippen LogP contribution in [-0.4, -0.2) is 17.6 Å². The third-order valence-electron chi connectivity index (χ3n) is 4.86. The zero-order chi connectivity index (χ0) is 22.1. The Morgan fingerprint density at radius 3 is 2.53 bits per heavy atom. The van der Waals surface area contributed by atoms with Gasteiger partial charge in [-0.25, -0.2) is 9.78 Å². The maximum absolute atomic E-state index is 12.6. The summed E-state index contributed by atoms with van der Waals surface area (Å²) in [5, 5.41) is 12.7. The van der Waals surface area contributed by atoms with E-state index in [4.69, 9.17) is 20.2 Å². The summed E-state index contributed by atoms with van der Waals surface area (Å²) >= 11 is 1.59. The van der Waals surface area contributed by atoms with E-state index in [1.54, 1.807) is 25.2 Å². The van der Waals surface area contributed by atoms with Crippen LogP contribution in [-0.2, 0) is 19.7 Å². The minimum absolute atomic E-state index is 0.00636. The van der Waals surface area contributed by atoms with E-state index in [0.717, 1.165) is 21.8 Å². The summed E-state index contributed by atoms with van der Waals surface area (Å²) in [5.74, 6) is -0.807. The number of thiazole rings is 1. The van der Waals surface area contributed by atoms with E-state index in [9.17, 15) is 10.1 Å². The van der Waals surface area contributed by atoms with Crippen LogP contribution in [0.15, 0.2) is 52.4 Å². The molecule has 0 bridgehead atoms. The van der Waals surface area contributed by atoms with Crippen molar-refractivity contribution in [3.8, 4) is 16.6 Å². The number of hydrogen-bond acceptors (Lipinski definition) is 7. The summed E-state index contributed by atoms with van der Waals surface area (Å²) in [6, 6.07) is 9.76. The first kappa shape index (κ1) is 21.6. The van der Waals surface area contributed by atoms with Crippen molar-refractivity contribution in [2.24, 2.45) is 5.73 Å². The number of ether oxygens (including phenoxy) is 2. The molecule has 3 rings (SSSR count). The molecule has 1 aromatic carbocycles. The molecule has 1 aliphatic rings. The summed E-state index contributed by atoms with van der Waals surface area (Å²) in [6.45, 7) is 10.0. The van der Waals surface area contributed by atoms with E-state index in [1.807, 2.05) is 24.3 Å². The molecule has 0 saturated carbocycles. The number of esters is 1. The molecule has 30 heavy (non-hydrogen) atoms. The van der Waals surface area contributed by atoms with Gasteiger partial charge in [-0.05, 0) is 19.4 Å². The third-order valence-corrected chi connectivity index (χ3v) is 5.76. The first-order chi connectivity index (χ1) is 14.2. The fourth-order valence-electron chi connectivity index (χ4n) is 3.26. The first-order valence-electron chi connectivity index (χ1n) is 9.69. The van der Waals surface area contributed by atoms with Gasteiger partial charge in [0.25, 0.3) is 0 Å². The molecule has 0 fully saturated rings. The van der Waals surface area contributed by atoms with Crippen LogP contribution in [0.2, 0.25) is 0 Å². The number of carbonyl (C=O) groups is 1. The fraction of sp³-hybridized carbons (Fsp3) is 0.348. The molecule has 1 aromatic heterocycles. The van der Waals surface area contributed by atoms with Gasteiger partial charge in [0.05, 0.1) is 23.8 Å². The van der Waals surface area contributed by atoms with Gasteiger partial charge in [-0.2, -0.15) is 5.26 Å². The summed E-state index contributed by atoms with van der Waals surface area (Å²) in [5.41, 5.74) is 9.20. The summed E-state index contributed by atoms with van der Waals surface area (Å²) < 4.78 is 10.7. The Bertz CT molecular complexity index is 1070. The zero-order valence-electron chi connectivity index (χ0n) is 17.8. The Kier molecular flexibility index (Phi) is 5.99. The quantitative estimate of drug-likeness (QED) is 0.713. The molecular formula is C23H25N3O3S. The monoisotopic (exact) mass is 423 g/mol. The second kappa shape index (κ2) is 8.33. The van der Waals surface area contributed by atoms with E-state index < -0.39 is 11.9 Å². The number of aromatic nitrogens is 1. The van der Waals surface area contributed by atoms with Gasteiger partial charge in [0.1, 0.15) is 22.4 Å². The predicted molar refractivity (Wildman–Crippen MR) is 116 cm³/mol. The number of nitrogens with two attached hydrogens (primary N) is 1. The predicted octanol–water partition coefficient (Wildman–Crippen LogP) is 4.75. The van der Waals surface area contributed by atoms with Gasteiger partial charge in [-0.15, -0.1) is 11.3 Å². The number of nitrogens with zero attached hydrogens (tertiary/aromatic N) is 2. The normalized spacial score (nSPS) is 16.9. The van der Waals surface area contributed by atoms with Crippen LogP contribution in [0.3, 0.4) is 0 Å². The largest absolute Gasteiger partial charge is 0.463 e. The Balaban J connectivity index is 2.01. The molecular weight excluding hydrogens is 398 g/mol. The number of hydrogen-bond donors (Lipinski definition) is 1. The van der Waals surface area contributed by atoms with E-state index >= 15 is 0 Å². The molecule has 0 aliphatic carbocycles. The van der Waals surface area contributed by atoms with Crippen LogP contribution < -0.4 is 5.73 Å². The lowest BCUT2D eigenvalue weighted by Gasteiger charge is -2.26. The molecule has 156 valence electrons. The topological polar surface area (TPSA) is 98.2 Å². The van der Waals surface area contributed by atoms with Crippen LogP contribution >= 0.6 is 11.3 Å². The molecule has 1 aliphatic heterocycles. The van der Waals surface area contributed by atoms with E-state index in [0.29, 0.717) is 11.3 Å². The SMILES string of the molecule is CCOC(=O)C1=C(C)OC(N)=C(C#N)C1c1ccc(-c2nc(C(C)(C)C)cs2)cc1. The van der Waals surface area contributed by atoms with Gasteiger partial charge in [0.15, 0.2) is 0 Å². The lowest BCUT2D eigenvalue weighted by Crippen LogP contribution is -2.25. The van der Waals surface area contributed by atoms with E-state index in [1.165, 1.54) is 0 Å². The van der Waals surface area contributed by atoms with Crippen molar-refractivity contribution < 1.29 is 14.3 Å². The van der Waals surface area contributed by atoms with E-state index in [2.05, 4.69) is 32.2 Å². The number of nitriles is 1. The fourth-order valence-corrected chi connectivity index (χ4v) is 4.31. The van der Waals surface area contributed by atoms with Crippen molar-refractivity contribution >= 4 is 17.3 Å². The Labute approximate surface area is 180 Å². The Morgan fingerprint density at radius 1 is 1.33 bits per heavy atom. The molecule has 0 saturated heterocycles. The van der Waals surface area contributed by atoms with Crippen LogP contribution in [0.25, 0.3) is 10.6 Å². The number of benzene rings is 1. The van der Waals surface area contributed by atoms with E-state index in [-0.39, 0.29) is 23.5 Å². The molecule has 6 nitrogen and oxygen atoms in total. The van der Waals surface area contributed by atoms with Gasteiger partial charge in [0.2, 0.25) is 5.88 Å². The van der Waals surface area contributed by atoms with Gasteiger partial charge in [-0.3, -0.25) is 0 Å². The third kappa shape index (κ3) is 4.10. The highest BCUT2D eigenvalue weighted by atomic mass is 32.1. The van der Waals surface area contributed by atoms with Gasteiger partial charge < -0.3 is 15.2 Å². The Morgan fingerprint density at radius 2 is 2.00 bits per heavy atom. The molecule has 1 unspecified atom stereocenters. The molecule has 7 heteroatoms. The maximum Gasteiger partial charge on any atom is 0.338 e. The summed E-state index contributed by atoms with van der Waals surface area (Å²) in [7, 11) is 0. The molecule has 0 spiro atoms. The number of carbonyl (C=O) groups excluding carboxylic acids is 1. The average Bonchev–Trinajstić information content (AvgIpc) is 3.18. The van der Waals surface area contributed by atoms with Crippen molar-refractivity contribution in [3.63, 3.8) is 0 Å². The lowest BCUT2D eigenvalue weighted by molar-refractivity contribution is -0.139. The molecule has 1 atom stereocenters. The molecule has 2 aromatic rings. The molecule has 2 N–H and O–H groups in total. The molecule has 0 amide bonds. The van der Waals surface area contributed by atoms with Crippen LogP contribution in [0.1, 0.15) is 51.8 Å². The highest BCUT2D eigenvalue weighted by molar-refractivity contribution is 7.13. The highest BCUT2D eigenvalue weighted by Crippen LogP contribution is 2.40. The second-order valence-electron chi connectivity index (χ2n) is 8.03. The van der Waals surface area contributed by atoms with Crippen LogP contribution in [0, 0.1) is 11.3 Å².